The van der Waals surface area contributed by atoms with Crippen molar-refractivity contribution >= 4 is 30.7 Å². The largest absolute Gasteiger partial charge is 0.352 e. The predicted molar refractivity (Wildman–Crippen MR) is 90.0 cm³/mol. The molecule has 2 unspecified atom stereocenters. The molecule has 1 aliphatic rings. The maximum absolute atomic E-state index is 11.9. The Morgan fingerprint density at radius 2 is 2.14 bits per heavy atom. The number of aromatic nitrogens is 1. The molecule has 1 aromatic rings. The van der Waals surface area contributed by atoms with Gasteiger partial charge in [-0.15, -0.1) is 24.8 Å². The van der Waals surface area contributed by atoms with Gasteiger partial charge in [-0.05, 0) is 55.5 Å². The number of rotatable bonds is 5. The Morgan fingerprint density at radius 1 is 1.43 bits per heavy atom. The zero-order chi connectivity index (χ0) is 13.5. The highest BCUT2D eigenvalue weighted by molar-refractivity contribution is 5.85. The summed E-state index contributed by atoms with van der Waals surface area (Å²) < 4.78 is 0. The Balaban J connectivity index is 0.00000200. The van der Waals surface area contributed by atoms with Crippen LogP contribution in [-0.2, 0) is 11.3 Å². The van der Waals surface area contributed by atoms with Crippen LogP contribution in [0, 0.1) is 11.8 Å². The normalized spacial score (nSPS) is 18.8. The minimum atomic E-state index is 0. The van der Waals surface area contributed by atoms with Crippen LogP contribution >= 0.6 is 24.8 Å². The first-order valence-corrected chi connectivity index (χ1v) is 7.12. The quantitative estimate of drug-likeness (QED) is 0.870. The lowest BCUT2D eigenvalue weighted by Gasteiger charge is -2.28. The third-order valence-electron chi connectivity index (χ3n) is 3.89. The molecule has 120 valence electrons. The van der Waals surface area contributed by atoms with E-state index < -0.39 is 0 Å². The van der Waals surface area contributed by atoms with E-state index in [1.54, 1.807) is 12.4 Å². The Labute approximate surface area is 139 Å². The van der Waals surface area contributed by atoms with Crippen molar-refractivity contribution < 1.29 is 4.79 Å². The van der Waals surface area contributed by atoms with Crippen LogP contribution in [-0.4, -0.2) is 24.0 Å². The average Bonchev–Trinajstić information content (AvgIpc) is 2.47. The SMILES string of the molecule is CC(CC(=O)NCc1ccncc1)C1CCCNC1.Cl.Cl. The third kappa shape index (κ3) is 7.11. The summed E-state index contributed by atoms with van der Waals surface area (Å²) >= 11 is 0. The number of piperidine rings is 1. The second kappa shape index (κ2) is 10.8. The van der Waals surface area contributed by atoms with E-state index in [-0.39, 0.29) is 30.7 Å². The molecule has 0 aromatic carbocycles. The summed E-state index contributed by atoms with van der Waals surface area (Å²) in [7, 11) is 0. The number of hydrogen-bond acceptors (Lipinski definition) is 3. The van der Waals surface area contributed by atoms with Crippen molar-refractivity contribution in [3.8, 4) is 0 Å². The van der Waals surface area contributed by atoms with E-state index >= 15 is 0 Å². The molecular weight excluding hydrogens is 309 g/mol. The van der Waals surface area contributed by atoms with Crippen molar-refractivity contribution in [2.75, 3.05) is 13.1 Å². The fraction of sp³-hybridized carbons (Fsp3) is 0.600. The Morgan fingerprint density at radius 3 is 2.76 bits per heavy atom. The van der Waals surface area contributed by atoms with Gasteiger partial charge in [0, 0.05) is 25.4 Å². The molecule has 0 radical (unpaired) electrons. The molecular formula is C15H25Cl2N3O. The smallest absolute Gasteiger partial charge is 0.220 e. The average molecular weight is 334 g/mol. The molecule has 21 heavy (non-hydrogen) atoms. The zero-order valence-corrected chi connectivity index (χ0v) is 14.0. The predicted octanol–water partition coefficient (Wildman–Crippen LogP) is 2.57. The number of carbonyl (C=O) groups excluding carboxylic acids is 1. The van der Waals surface area contributed by atoms with E-state index in [1.165, 1.54) is 12.8 Å². The summed E-state index contributed by atoms with van der Waals surface area (Å²) in [5.74, 6) is 1.24. The van der Waals surface area contributed by atoms with Gasteiger partial charge in [0.15, 0.2) is 0 Å². The number of hydrogen-bond donors (Lipinski definition) is 2. The van der Waals surface area contributed by atoms with Gasteiger partial charge in [-0.2, -0.15) is 0 Å². The van der Waals surface area contributed by atoms with Crippen LogP contribution in [0.25, 0.3) is 0 Å². The minimum absolute atomic E-state index is 0. The highest BCUT2D eigenvalue weighted by atomic mass is 35.5. The number of amides is 1. The molecule has 4 nitrogen and oxygen atoms in total. The van der Waals surface area contributed by atoms with Gasteiger partial charge in [0.25, 0.3) is 0 Å². The summed E-state index contributed by atoms with van der Waals surface area (Å²) in [6, 6.07) is 3.85. The first-order chi connectivity index (χ1) is 9.25. The van der Waals surface area contributed by atoms with E-state index in [0.29, 0.717) is 24.8 Å². The van der Waals surface area contributed by atoms with Gasteiger partial charge in [0.2, 0.25) is 5.91 Å². The van der Waals surface area contributed by atoms with Crippen LogP contribution < -0.4 is 10.6 Å². The number of nitrogens with zero attached hydrogens (tertiary/aromatic N) is 1. The molecule has 6 heteroatoms. The van der Waals surface area contributed by atoms with Gasteiger partial charge in [-0.1, -0.05) is 6.92 Å². The van der Waals surface area contributed by atoms with Crippen molar-refractivity contribution in [2.45, 2.75) is 32.7 Å². The van der Waals surface area contributed by atoms with Gasteiger partial charge in [0.1, 0.15) is 0 Å². The van der Waals surface area contributed by atoms with Gasteiger partial charge in [-0.25, -0.2) is 0 Å². The Bertz CT molecular complexity index is 397. The van der Waals surface area contributed by atoms with Crippen molar-refractivity contribution in [3.63, 3.8) is 0 Å². The Hall–Kier alpha value is -0.840. The van der Waals surface area contributed by atoms with Crippen LogP contribution in [0.1, 0.15) is 31.7 Å². The van der Waals surface area contributed by atoms with Crippen molar-refractivity contribution in [3.05, 3.63) is 30.1 Å². The molecule has 2 atom stereocenters. The van der Waals surface area contributed by atoms with Crippen LogP contribution in [0.15, 0.2) is 24.5 Å². The highest BCUT2D eigenvalue weighted by Crippen LogP contribution is 2.22. The molecule has 0 aliphatic carbocycles. The summed E-state index contributed by atoms with van der Waals surface area (Å²) in [6.07, 6.45) is 6.59. The number of halogens is 2. The molecule has 1 aliphatic heterocycles. The summed E-state index contributed by atoms with van der Waals surface area (Å²) in [4.78, 5) is 15.9. The molecule has 1 aromatic heterocycles. The second-order valence-electron chi connectivity index (χ2n) is 5.42. The highest BCUT2D eigenvalue weighted by Gasteiger charge is 2.21. The lowest BCUT2D eigenvalue weighted by atomic mass is 9.85. The molecule has 1 saturated heterocycles. The molecule has 0 bridgehead atoms. The summed E-state index contributed by atoms with van der Waals surface area (Å²) in [6.45, 7) is 4.96. The maximum Gasteiger partial charge on any atom is 0.220 e. The molecule has 2 heterocycles. The van der Waals surface area contributed by atoms with E-state index in [0.717, 1.165) is 18.7 Å². The summed E-state index contributed by atoms with van der Waals surface area (Å²) in [5.41, 5.74) is 1.09. The van der Waals surface area contributed by atoms with E-state index in [2.05, 4.69) is 22.5 Å². The van der Waals surface area contributed by atoms with E-state index in [9.17, 15) is 4.79 Å². The first kappa shape index (κ1) is 20.2. The van der Waals surface area contributed by atoms with Crippen LogP contribution in [0.2, 0.25) is 0 Å². The monoisotopic (exact) mass is 333 g/mol. The summed E-state index contributed by atoms with van der Waals surface area (Å²) in [5, 5.41) is 6.39. The van der Waals surface area contributed by atoms with Crippen LogP contribution in [0.3, 0.4) is 0 Å². The van der Waals surface area contributed by atoms with Crippen molar-refractivity contribution in [2.24, 2.45) is 11.8 Å². The minimum Gasteiger partial charge on any atom is -0.352 e. The molecule has 1 fully saturated rings. The first-order valence-electron chi connectivity index (χ1n) is 7.12. The number of nitrogens with one attached hydrogen (secondary N) is 2. The number of pyridine rings is 1. The third-order valence-corrected chi connectivity index (χ3v) is 3.89. The van der Waals surface area contributed by atoms with Crippen molar-refractivity contribution in [1.82, 2.24) is 15.6 Å². The molecule has 2 N–H and O–H groups in total. The van der Waals surface area contributed by atoms with Crippen LogP contribution in [0.5, 0.6) is 0 Å². The fourth-order valence-corrected chi connectivity index (χ4v) is 2.60. The van der Waals surface area contributed by atoms with Crippen LogP contribution in [0.4, 0.5) is 0 Å². The maximum atomic E-state index is 11.9. The molecule has 1 amide bonds. The zero-order valence-electron chi connectivity index (χ0n) is 12.4. The van der Waals surface area contributed by atoms with Gasteiger partial charge in [-0.3, -0.25) is 9.78 Å². The fourth-order valence-electron chi connectivity index (χ4n) is 2.60. The van der Waals surface area contributed by atoms with Gasteiger partial charge < -0.3 is 10.6 Å². The molecule has 0 saturated carbocycles. The lowest BCUT2D eigenvalue weighted by molar-refractivity contribution is -0.122. The lowest BCUT2D eigenvalue weighted by Crippen LogP contribution is -2.35. The van der Waals surface area contributed by atoms with E-state index in [1.807, 2.05) is 12.1 Å². The van der Waals surface area contributed by atoms with Crippen molar-refractivity contribution in [1.29, 1.82) is 0 Å². The van der Waals surface area contributed by atoms with Gasteiger partial charge >= 0.3 is 0 Å². The molecule has 2 rings (SSSR count). The Kier molecular flexibility index (Phi) is 10.4. The topological polar surface area (TPSA) is 54.0 Å². The van der Waals surface area contributed by atoms with Gasteiger partial charge in [0.05, 0.1) is 0 Å². The molecule has 0 spiro atoms. The number of carbonyl (C=O) groups is 1. The standard InChI is InChI=1S/C15H23N3O.2ClH/c1-12(14-3-2-6-17-11-14)9-15(19)18-10-13-4-7-16-8-5-13;;/h4-5,7-8,12,14,17H,2-3,6,9-11H2,1H3,(H,18,19);2*1H. The second-order valence-corrected chi connectivity index (χ2v) is 5.42. The van der Waals surface area contributed by atoms with E-state index in [4.69, 9.17) is 0 Å².